The van der Waals surface area contributed by atoms with E-state index in [4.69, 9.17) is 0 Å². The number of rotatable bonds is 2. The van der Waals surface area contributed by atoms with E-state index in [1.54, 1.807) is 4.90 Å². The van der Waals surface area contributed by atoms with E-state index in [9.17, 15) is 9.59 Å². The van der Waals surface area contributed by atoms with E-state index >= 15 is 0 Å². The lowest BCUT2D eigenvalue weighted by atomic mass is 10.5. The Hall–Kier alpha value is -1.10. The number of ether oxygens (including phenoxy) is 1. The van der Waals surface area contributed by atoms with E-state index in [-0.39, 0.29) is 25.0 Å². The van der Waals surface area contributed by atoms with Gasteiger partial charge in [-0.25, -0.2) is 0 Å². The highest BCUT2D eigenvalue weighted by Crippen LogP contribution is 1.93. The van der Waals surface area contributed by atoms with Crippen molar-refractivity contribution in [2.24, 2.45) is 0 Å². The van der Waals surface area contributed by atoms with Gasteiger partial charge in [-0.1, -0.05) is 0 Å². The SMILES string of the molecule is COC(=O)CN1CNC(=O)C1. The van der Waals surface area contributed by atoms with Gasteiger partial charge in [-0.2, -0.15) is 0 Å². The summed E-state index contributed by atoms with van der Waals surface area (Å²) in [6.45, 7) is 0.901. The second-order valence-electron chi connectivity index (χ2n) is 2.32. The Labute approximate surface area is 64.3 Å². The molecule has 1 aliphatic rings. The molecule has 11 heavy (non-hydrogen) atoms. The number of nitrogens with zero attached hydrogens (tertiary/aromatic N) is 1. The summed E-state index contributed by atoms with van der Waals surface area (Å²) in [7, 11) is 1.33. The van der Waals surface area contributed by atoms with E-state index in [0.29, 0.717) is 6.67 Å². The van der Waals surface area contributed by atoms with Crippen molar-refractivity contribution >= 4 is 11.9 Å². The van der Waals surface area contributed by atoms with Crippen LogP contribution in [-0.2, 0) is 14.3 Å². The second-order valence-corrected chi connectivity index (χ2v) is 2.32. The molecule has 0 radical (unpaired) electrons. The molecule has 1 aliphatic heterocycles. The number of esters is 1. The van der Waals surface area contributed by atoms with E-state index in [0.717, 1.165) is 0 Å². The molecule has 5 heteroatoms. The van der Waals surface area contributed by atoms with Gasteiger partial charge < -0.3 is 10.1 Å². The summed E-state index contributed by atoms with van der Waals surface area (Å²) in [5.74, 6) is -0.365. The van der Waals surface area contributed by atoms with E-state index < -0.39 is 0 Å². The fraction of sp³-hybridized carbons (Fsp3) is 0.667. The summed E-state index contributed by atoms with van der Waals surface area (Å²) < 4.78 is 4.43. The molecular weight excluding hydrogens is 148 g/mol. The van der Waals surface area contributed by atoms with Crippen LogP contribution < -0.4 is 5.32 Å². The van der Waals surface area contributed by atoms with Crippen molar-refractivity contribution in [1.82, 2.24) is 10.2 Å². The molecule has 1 heterocycles. The van der Waals surface area contributed by atoms with Gasteiger partial charge in [0, 0.05) is 0 Å². The lowest BCUT2D eigenvalue weighted by Gasteiger charge is -2.09. The monoisotopic (exact) mass is 158 g/mol. The minimum absolute atomic E-state index is 0.0473. The van der Waals surface area contributed by atoms with E-state index in [2.05, 4.69) is 10.1 Å². The lowest BCUT2D eigenvalue weighted by molar-refractivity contribution is -0.141. The number of methoxy groups -OCH3 is 1. The molecule has 5 nitrogen and oxygen atoms in total. The molecule has 0 bridgehead atoms. The van der Waals surface area contributed by atoms with Crippen molar-refractivity contribution in [3.63, 3.8) is 0 Å². The number of nitrogens with one attached hydrogen (secondary N) is 1. The van der Waals surface area contributed by atoms with Crippen LogP contribution in [0.4, 0.5) is 0 Å². The van der Waals surface area contributed by atoms with Crippen LogP contribution in [-0.4, -0.2) is 43.6 Å². The maximum absolute atomic E-state index is 10.7. The zero-order valence-corrected chi connectivity index (χ0v) is 6.29. The average molecular weight is 158 g/mol. The van der Waals surface area contributed by atoms with Gasteiger partial charge in [0.25, 0.3) is 0 Å². The van der Waals surface area contributed by atoms with Gasteiger partial charge in [0.05, 0.1) is 26.9 Å². The molecule has 1 amide bonds. The van der Waals surface area contributed by atoms with Crippen molar-refractivity contribution in [2.45, 2.75) is 0 Å². The molecule has 62 valence electrons. The minimum Gasteiger partial charge on any atom is -0.468 e. The second kappa shape index (κ2) is 3.34. The van der Waals surface area contributed by atoms with Crippen molar-refractivity contribution in [2.75, 3.05) is 26.9 Å². The van der Waals surface area contributed by atoms with Crippen molar-refractivity contribution in [1.29, 1.82) is 0 Å². The summed E-state index contributed by atoms with van der Waals surface area (Å²) >= 11 is 0. The molecule has 0 aromatic heterocycles. The third kappa shape index (κ3) is 2.19. The molecular formula is C6H10N2O3. The summed E-state index contributed by atoms with van der Waals surface area (Å²) in [5.41, 5.74) is 0. The fourth-order valence-corrected chi connectivity index (χ4v) is 0.874. The van der Waals surface area contributed by atoms with Gasteiger partial charge in [0.2, 0.25) is 5.91 Å². The lowest BCUT2D eigenvalue weighted by Crippen LogP contribution is -2.29. The summed E-state index contributed by atoms with van der Waals surface area (Å²) in [6, 6.07) is 0. The van der Waals surface area contributed by atoms with Crippen LogP contribution in [0, 0.1) is 0 Å². The maximum atomic E-state index is 10.7. The standard InChI is InChI=1S/C6H10N2O3/c1-11-6(10)3-8-2-5(9)7-4-8/h2-4H2,1H3,(H,7,9). The van der Waals surface area contributed by atoms with Crippen LogP contribution in [0.15, 0.2) is 0 Å². The van der Waals surface area contributed by atoms with Crippen LogP contribution in [0.1, 0.15) is 0 Å². The number of carbonyl (C=O) groups is 2. The van der Waals surface area contributed by atoms with Gasteiger partial charge in [-0.15, -0.1) is 0 Å². The molecule has 1 N–H and O–H groups in total. The van der Waals surface area contributed by atoms with E-state index in [1.807, 2.05) is 0 Å². The number of hydrogen-bond acceptors (Lipinski definition) is 4. The van der Waals surface area contributed by atoms with E-state index in [1.165, 1.54) is 7.11 Å². The summed E-state index contributed by atoms with van der Waals surface area (Å²) in [5, 5.41) is 2.58. The van der Waals surface area contributed by atoms with Gasteiger partial charge in [-0.3, -0.25) is 14.5 Å². The summed E-state index contributed by atoms with van der Waals surface area (Å²) in [6.07, 6.45) is 0. The third-order valence-electron chi connectivity index (χ3n) is 1.45. The normalized spacial score (nSPS) is 18.1. The fourth-order valence-electron chi connectivity index (χ4n) is 0.874. The highest BCUT2D eigenvalue weighted by atomic mass is 16.5. The molecule has 1 saturated heterocycles. The highest BCUT2D eigenvalue weighted by molar-refractivity contribution is 5.81. The topological polar surface area (TPSA) is 58.6 Å². The van der Waals surface area contributed by atoms with Crippen molar-refractivity contribution in [3.8, 4) is 0 Å². The molecule has 0 atom stereocenters. The quantitative estimate of drug-likeness (QED) is 0.499. The number of carbonyl (C=O) groups excluding carboxylic acids is 2. The first-order chi connectivity index (χ1) is 5.22. The highest BCUT2D eigenvalue weighted by Gasteiger charge is 2.20. The van der Waals surface area contributed by atoms with Crippen LogP contribution in [0.5, 0.6) is 0 Å². The molecule has 0 aromatic carbocycles. The van der Waals surface area contributed by atoms with Crippen molar-refractivity contribution < 1.29 is 14.3 Å². The zero-order chi connectivity index (χ0) is 8.27. The van der Waals surface area contributed by atoms with Crippen molar-refractivity contribution in [3.05, 3.63) is 0 Å². The smallest absolute Gasteiger partial charge is 0.319 e. The minimum atomic E-state index is -0.318. The Kier molecular flexibility index (Phi) is 2.43. The summed E-state index contributed by atoms with van der Waals surface area (Å²) in [4.78, 5) is 23.0. The van der Waals surface area contributed by atoms with Gasteiger partial charge in [0.1, 0.15) is 0 Å². The molecule has 1 fully saturated rings. The third-order valence-corrected chi connectivity index (χ3v) is 1.45. The van der Waals surface area contributed by atoms with Gasteiger partial charge in [-0.05, 0) is 0 Å². The predicted molar refractivity (Wildman–Crippen MR) is 36.6 cm³/mol. The molecule has 0 spiro atoms. The first kappa shape index (κ1) is 8.00. The van der Waals surface area contributed by atoms with Crippen LogP contribution in [0.2, 0.25) is 0 Å². The molecule has 0 saturated carbocycles. The first-order valence-corrected chi connectivity index (χ1v) is 3.28. The Morgan fingerprint density at radius 2 is 2.55 bits per heavy atom. The van der Waals surface area contributed by atoms with Crippen LogP contribution in [0.25, 0.3) is 0 Å². The van der Waals surface area contributed by atoms with Crippen LogP contribution in [0.3, 0.4) is 0 Å². The zero-order valence-electron chi connectivity index (χ0n) is 6.29. The molecule has 1 rings (SSSR count). The molecule has 0 unspecified atom stereocenters. The Morgan fingerprint density at radius 3 is 3.00 bits per heavy atom. The van der Waals surface area contributed by atoms with Crippen LogP contribution >= 0.6 is 0 Å². The Balaban J connectivity index is 2.28. The average Bonchev–Trinajstić information content (AvgIpc) is 2.35. The first-order valence-electron chi connectivity index (χ1n) is 3.28. The molecule has 0 aliphatic carbocycles. The van der Waals surface area contributed by atoms with Gasteiger partial charge in [0.15, 0.2) is 0 Å². The molecule has 0 aromatic rings. The maximum Gasteiger partial charge on any atom is 0.319 e. The number of amides is 1. The Bertz CT molecular complexity index is 181. The predicted octanol–water partition coefficient (Wildman–Crippen LogP) is -1.45. The van der Waals surface area contributed by atoms with Gasteiger partial charge >= 0.3 is 5.97 Å². The Morgan fingerprint density at radius 1 is 1.82 bits per heavy atom. The number of hydrogen-bond donors (Lipinski definition) is 1. The largest absolute Gasteiger partial charge is 0.468 e.